The van der Waals surface area contributed by atoms with E-state index in [0.717, 1.165) is 39.1 Å². The molecule has 0 amide bonds. The Morgan fingerprint density at radius 3 is 1.87 bits per heavy atom. The summed E-state index contributed by atoms with van der Waals surface area (Å²) in [6, 6.07) is 44.1. The van der Waals surface area contributed by atoms with Gasteiger partial charge in [0, 0.05) is 42.1 Å². The largest absolute Gasteiger partial charge is 0.245 e. The first-order valence-corrected chi connectivity index (χ1v) is 13.8. The molecule has 3 aromatic heterocycles. The van der Waals surface area contributed by atoms with Crippen molar-refractivity contribution in [3.05, 3.63) is 127 Å². The van der Waals surface area contributed by atoms with E-state index in [2.05, 4.69) is 91.0 Å². The first-order valence-electron chi connectivity index (χ1n) is 13.0. The van der Waals surface area contributed by atoms with Crippen LogP contribution in [-0.4, -0.2) is 15.0 Å². The zero-order valence-electron chi connectivity index (χ0n) is 20.9. The lowest BCUT2D eigenvalue weighted by Crippen LogP contribution is -1.98. The molecular formula is C35H21N3S. The van der Waals surface area contributed by atoms with Crippen molar-refractivity contribution in [3.8, 4) is 34.0 Å². The highest BCUT2D eigenvalue weighted by Crippen LogP contribution is 2.42. The van der Waals surface area contributed by atoms with Gasteiger partial charge >= 0.3 is 0 Å². The molecule has 3 nitrogen and oxygen atoms in total. The van der Waals surface area contributed by atoms with E-state index in [9.17, 15) is 0 Å². The molecule has 0 spiro atoms. The maximum Gasteiger partial charge on any atom is 0.160 e. The van der Waals surface area contributed by atoms with Gasteiger partial charge in [0.15, 0.2) is 5.82 Å². The minimum Gasteiger partial charge on any atom is -0.245 e. The Balaban J connectivity index is 1.47. The van der Waals surface area contributed by atoms with Gasteiger partial charge in [-0.05, 0) is 29.7 Å². The lowest BCUT2D eigenvalue weighted by atomic mass is 9.98. The number of aromatic nitrogens is 3. The van der Waals surface area contributed by atoms with Gasteiger partial charge in [-0.25, -0.2) is 15.0 Å². The fourth-order valence-corrected chi connectivity index (χ4v) is 6.61. The molecule has 39 heavy (non-hydrogen) atoms. The summed E-state index contributed by atoms with van der Waals surface area (Å²) in [7, 11) is 0. The van der Waals surface area contributed by atoms with E-state index >= 15 is 0 Å². The van der Waals surface area contributed by atoms with Gasteiger partial charge in [-0.15, -0.1) is 11.3 Å². The lowest BCUT2D eigenvalue weighted by Gasteiger charge is -2.13. The van der Waals surface area contributed by atoms with Crippen LogP contribution in [0.4, 0.5) is 0 Å². The summed E-state index contributed by atoms with van der Waals surface area (Å²) in [5.41, 5.74) is 5.57. The van der Waals surface area contributed by atoms with E-state index in [-0.39, 0.29) is 0 Å². The van der Waals surface area contributed by atoms with Crippen molar-refractivity contribution in [2.24, 2.45) is 0 Å². The molecule has 0 atom stereocenters. The van der Waals surface area contributed by atoms with Crippen LogP contribution in [0.25, 0.3) is 75.9 Å². The number of hydrogen-bond donors (Lipinski definition) is 0. The summed E-state index contributed by atoms with van der Waals surface area (Å²) >= 11 is 1.84. The summed E-state index contributed by atoms with van der Waals surface area (Å²) in [6.07, 6.45) is 0. The van der Waals surface area contributed by atoms with Gasteiger partial charge in [0.05, 0.1) is 22.6 Å². The van der Waals surface area contributed by atoms with E-state index in [1.165, 1.54) is 30.9 Å². The first kappa shape index (κ1) is 22.1. The van der Waals surface area contributed by atoms with E-state index in [4.69, 9.17) is 15.0 Å². The molecular weight excluding hydrogens is 494 g/mol. The fraction of sp³-hybridized carbons (Fsp3) is 0. The maximum absolute atomic E-state index is 5.29. The number of fused-ring (bicyclic) bond motifs is 7. The average molecular weight is 516 g/mol. The summed E-state index contributed by atoms with van der Waals surface area (Å²) in [5, 5.41) is 6.03. The molecule has 0 saturated heterocycles. The van der Waals surface area contributed by atoms with Crippen molar-refractivity contribution in [2.45, 2.75) is 0 Å². The number of benzene rings is 5. The summed E-state index contributed by atoms with van der Waals surface area (Å²) in [6.45, 7) is 0. The Morgan fingerprint density at radius 2 is 1.08 bits per heavy atom. The molecule has 0 saturated carbocycles. The highest BCUT2D eigenvalue weighted by Gasteiger charge is 2.18. The second-order valence-corrected chi connectivity index (χ2v) is 10.7. The summed E-state index contributed by atoms with van der Waals surface area (Å²) < 4.78 is 2.58. The third-order valence-electron chi connectivity index (χ3n) is 7.28. The molecule has 0 N–H and O–H groups in total. The second-order valence-electron chi connectivity index (χ2n) is 9.63. The van der Waals surface area contributed by atoms with Crippen LogP contribution in [0, 0.1) is 0 Å². The SMILES string of the molecule is c1ccc(-c2cc(-c3nc4ccc5sc6ccccc6c5c4c4ccccc34)nc(-c3ccccc3)n2)cc1. The number of rotatable bonds is 3. The predicted molar refractivity (Wildman–Crippen MR) is 164 cm³/mol. The standard InChI is InChI=1S/C35H21N3S/c1-3-11-22(12-4-1)28-21-29(38-35(37-28)23-13-5-2-6-14-23)34-25-16-8-7-15-24(25)32-27(36-34)19-20-31-33(32)26-17-9-10-18-30(26)39-31/h1-21H. The molecule has 0 aliphatic rings. The molecule has 0 unspecified atom stereocenters. The van der Waals surface area contributed by atoms with Crippen LogP contribution in [-0.2, 0) is 0 Å². The highest BCUT2D eigenvalue weighted by molar-refractivity contribution is 7.26. The van der Waals surface area contributed by atoms with Crippen LogP contribution in [0.1, 0.15) is 0 Å². The third kappa shape index (κ3) is 3.61. The minimum atomic E-state index is 0.692. The van der Waals surface area contributed by atoms with Gasteiger partial charge in [-0.2, -0.15) is 0 Å². The van der Waals surface area contributed by atoms with Crippen LogP contribution < -0.4 is 0 Å². The van der Waals surface area contributed by atoms with E-state index in [0.29, 0.717) is 5.82 Å². The topological polar surface area (TPSA) is 38.7 Å². The molecule has 0 aliphatic heterocycles. The Labute approximate surface area is 229 Å². The van der Waals surface area contributed by atoms with Crippen molar-refractivity contribution in [2.75, 3.05) is 0 Å². The van der Waals surface area contributed by atoms with E-state index in [1.807, 2.05) is 47.7 Å². The van der Waals surface area contributed by atoms with Gasteiger partial charge in [0.2, 0.25) is 0 Å². The maximum atomic E-state index is 5.29. The summed E-state index contributed by atoms with van der Waals surface area (Å²) in [4.78, 5) is 15.4. The van der Waals surface area contributed by atoms with Crippen LogP contribution in [0.5, 0.6) is 0 Å². The van der Waals surface area contributed by atoms with Crippen molar-refractivity contribution in [1.82, 2.24) is 15.0 Å². The predicted octanol–water partition coefficient (Wildman–Crippen LogP) is 9.55. The smallest absolute Gasteiger partial charge is 0.160 e. The monoisotopic (exact) mass is 515 g/mol. The quantitative estimate of drug-likeness (QED) is 0.220. The number of pyridine rings is 1. The Bertz CT molecular complexity index is 2110. The number of thiophene rings is 1. The van der Waals surface area contributed by atoms with Crippen LogP contribution in [0.2, 0.25) is 0 Å². The van der Waals surface area contributed by atoms with Gasteiger partial charge < -0.3 is 0 Å². The first-order chi connectivity index (χ1) is 19.3. The molecule has 0 aliphatic carbocycles. The Hall–Kier alpha value is -4.93. The van der Waals surface area contributed by atoms with E-state index in [1.54, 1.807) is 0 Å². The van der Waals surface area contributed by atoms with Crippen LogP contribution in [0.3, 0.4) is 0 Å². The molecule has 8 rings (SSSR count). The van der Waals surface area contributed by atoms with Crippen LogP contribution >= 0.6 is 11.3 Å². The zero-order valence-corrected chi connectivity index (χ0v) is 21.7. The molecule has 0 radical (unpaired) electrons. The number of nitrogens with zero attached hydrogens (tertiary/aromatic N) is 3. The van der Waals surface area contributed by atoms with Crippen LogP contribution in [0.15, 0.2) is 127 Å². The van der Waals surface area contributed by atoms with Crippen molar-refractivity contribution >= 4 is 53.2 Å². The van der Waals surface area contributed by atoms with Crippen molar-refractivity contribution < 1.29 is 0 Å². The van der Waals surface area contributed by atoms with Gasteiger partial charge in [-0.3, -0.25) is 0 Å². The second kappa shape index (κ2) is 8.83. The molecule has 182 valence electrons. The van der Waals surface area contributed by atoms with Gasteiger partial charge in [0.1, 0.15) is 0 Å². The molecule has 8 aromatic rings. The Kier molecular flexibility index (Phi) is 5.00. The minimum absolute atomic E-state index is 0.692. The molecule has 4 heteroatoms. The van der Waals surface area contributed by atoms with Crippen molar-refractivity contribution in [1.29, 1.82) is 0 Å². The molecule has 0 fully saturated rings. The van der Waals surface area contributed by atoms with Gasteiger partial charge in [-0.1, -0.05) is 103 Å². The third-order valence-corrected chi connectivity index (χ3v) is 8.41. The Morgan fingerprint density at radius 1 is 0.436 bits per heavy atom. The van der Waals surface area contributed by atoms with Crippen molar-refractivity contribution in [3.63, 3.8) is 0 Å². The summed E-state index contributed by atoms with van der Waals surface area (Å²) in [5.74, 6) is 0.692. The molecule has 0 bridgehead atoms. The lowest BCUT2D eigenvalue weighted by molar-refractivity contribution is 1.17. The zero-order chi connectivity index (χ0) is 25.8. The molecule has 3 heterocycles. The molecule has 5 aromatic carbocycles. The fourth-order valence-electron chi connectivity index (χ4n) is 5.50. The normalized spacial score (nSPS) is 11.6. The number of hydrogen-bond acceptors (Lipinski definition) is 4. The van der Waals surface area contributed by atoms with E-state index < -0.39 is 0 Å². The highest BCUT2D eigenvalue weighted by atomic mass is 32.1. The van der Waals surface area contributed by atoms with Gasteiger partial charge in [0.25, 0.3) is 0 Å². The average Bonchev–Trinajstić information content (AvgIpc) is 3.40.